The van der Waals surface area contributed by atoms with E-state index in [4.69, 9.17) is 0 Å². The minimum atomic E-state index is -0.717. The van der Waals surface area contributed by atoms with Gasteiger partial charge in [-0.2, -0.15) is 5.10 Å². The Kier molecular flexibility index (Phi) is 3.17. The molecule has 0 bridgehead atoms. The van der Waals surface area contributed by atoms with Crippen molar-refractivity contribution in [1.82, 2.24) is 10.2 Å². The molecule has 4 N–H and O–H groups in total. The van der Waals surface area contributed by atoms with Crippen LogP contribution in [0.3, 0.4) is 0 Å². The van der Waals surface area contributed by atoms with Gasteiger partial charge in [-0.3, -0.25) is 5.10 Å². The van der Waals surface area contributed by atoms with Crippen molar-refractivity contribution in [2.75, 3.05) is 0 Å². The van der Waals surface area contributed by atoms with Gasteiger partial charge in [-0.25, -0.2) is 8.78 Å². The van der Waals surface area contributed by atoms with Gasteiger partial charge < -0.3 is 15.3 Å². The monoisotopic (exact) mass is 304 g/mol. The molecule has 0 aliphatic carbocycles. The molecule has 112 valence electrons. The van der Waals surface area contributed by atoms with Gasteiger partial charge in [0.25, 0.3) is 0 Å². The molecule has 5 nitrogen and oxygen atoms in total. The second-order valence-corrected chi connectivity index (χ2v) is 4.69. The molecule has 1 heterocycles. The van der Waals surface area contributed by atoms with Gasteiger partial charge in [0.1, 0.15) is 11.6 Å². The van der Waals surface area contributed by atoms with Gasteiger partial charge in [0, 0.05) is 17.2 Å². The normalized spacial score (nSPS) is 10.8. The van der Waals surface area contributed by atoms with Crippen LogP contribution in [-0.4, -0.2) is 25.5 Å². The van der Waals surface area contributed by atoms with Crippen molar-refractivity contribution in [2.45, 2.75) is 0 Å². The largest absolute Gasteiger partial charge is 0.504 e. The Hall–Kier alpha value is -3.09. The molecule has 3 rings (SSSR count). The summed E-state index contributed by atoms with van der Waals surface area (Å²) in [6, 6.07) is 6.97. The Morgan fingerprint density at radius 2 is 1.36 bits per heavy atom. The highest BCUT2D eigenvalue weighted by Crippen LogP contribution is 2.38. The van der Waals surface area contributed by atoms with E-state index in [1.54, 1.807) is 0 Å². The zero-order valence-corrected chi connectivity index (χ0v) is 11.0. The number of aromatic hydroxyl groups is 3. The summed E-state index contributed by atoms with van der Waals surface area (Å²) in [5.41, 5.74) is 1.28. The summed E-state index contributed by atoms with van der Waals surface area (Å²) in [4.78, 5) is 0. The number of aromatic nitrogens is 2. The van der Waals surface area contributed by atoms with Crippen LogP contribution in [-0.2, 0) is 0 Å². The average molecular weight is 304 g/mol. The van der Waals surface area contributed by atoms with E-state index >= 15 is 0 Å². The Balaban J connectivity index is 2.04. The summed E-state index contributed by atoms with van der Waals surface area (Å²) in [5, 5.41) is 34.9. The molecule has 0 saturated heterocycles. The van der Waals surface area contributed by atoms with Gasteiger partial charge in [0.2, 0.25) is 0 Å². The van der Waals surface area contributed by atoms with Gasteiger partial charge in [-0.15, -0.1) is 0 Å². The van der Waals surface area contributed by atoms with E-state index in [2.05, 4.69) is 10.2 Å². The van der Waals surface area contributed by atoms with Gasteiger partial charge in [-0.05, 0) is 30.3 Å². The van der Waals surface area contributed by atoms with Crippen LogP contribution in [0, 0.1) is 11.6 Å². The Morgan fingerprint density at radius 3 is 1.95 bits per heavy atom. The molecule has 0 fully saturated rings. The summed E-state index contributed by atoms with van der Waals surface area (Å²) in [7, 11) is 0. The number of hydrogen-bond donors (Lipinski definition) is 4. The highest BCUT2D eigenvalue weighted by molar-refractivity contribution is 5.72. The average Bonchev–Trinajstić information content (AvgIpc) is 2.93. The number of benzene rings is 2. The molecule has 0 radical (unpaired) electrons. The molecule has 1 aromatic heterocycles. The van der Waals surface area contributed by atoms with Crippen molar-refractivity contribution in [3.05, 3.63) is 48.0 Å². The molecule has 0 spiro atoms. The van der Waals surface area contributed by atoms with Crippen LogP contribution < -0.4 is 0 Å². The first-order valence-corrected chi connectivity index (χ1v) is 6.21. The quantitative estimate of drug-likeness (QED) is 0.548. The van der Waals surface area contributed by atoms with Crippen molar-refractivity contribution in [2.24, 2.45) is 0 Å². The van der Waals surface area contributed by atoms with Crippen molar-refractivity contribution < 1.29 is 24.1 Å². The van der Waals surface area contributed by atoms with E-state index in [0.29, 0.717) is 17.0 Å². The second kappa shape index (κ2) is 5.03. The first-order chi connectivity index (χ1) is 10.4. The maximum Gasteiger partial charge on any atom is 0.200 e. The molecular weight excluding hydrogens is 294 g/mol. The van der Waals surface area contributed by atoms with Crippen LogP contribution in [0.15, 0.2) is 36.4 Å². The number of rotatable bonds is 2. The topological polar surface area (TPSA) is 89.4 Å². The molecule has 2 aromatic carbocycles. The third kappa shape index (κ3) is 2.44. The molecule has 0 saturated carbocycles. The van der Waals surface area contributed by atoms with Crippen molar-refractivity contribution in [3.8, 4) is 39.8 Å². The number of H-pyrrole nitrogens is 1. The maximum absolute atomic E-state index is 13.2. The molecule has 0 unspecified atom stereocenters. The van der Waals surface area contributed by atoms with Crippen molar-refractivity contribution >= 4 is 0 Å². The fraction of sp³-hybridized carbons (Fsp3) is 0. The molecule has 0 aliphatic heterocycles. The third-order valence-electron chi connectivity index (χ3n) is 3.12. The van der Waals surface area contributed by atoms with Crippen LogP contribution in [0.5, 0.6) is 17.2 Å². The van der Waals surface area contributed by atoms with Crippen LogP contribution in [0.4, 0.5) is 8.78 Å². The predicted octanol–water partition coefficient (Wildman–Crippen LogP) is 3.14. The zero-order valence-electron chi connectivity index (χ0n) is 11.0. The van der Waals surface area contributed by atoms with E-state index in [1.807, 2.05) is 0 Å². The van der Waals surface area contributed by atoms with E-state index in [-0.39, 0.29) is 5.56 Å². The number of hydrogen-bond acceptors (Lipinski definition) is 4. The molecular formula is C15H10F2N2O3. The van der Waals surface area contributed by atoms with Crippen LogP contribution >= 0.6 is 0 Å². The Morgan fingerprint density at radius 1 is 0.773 bits per heavy atom. The fourth-order valence-electron chi connectivity index (χ4n) is 2.08. The summed E-state index contributed by atoms with van der Waals surface area (Å²) in [6.07, 6.45) is 0. The standard InChI is InChI=1S/C15H10F2N2O3/c16-9-1-7(2-10(17)5-9)11-6-12(19-18-11)8-3-13(20)15(22)14(21)4-8/h1-6,20-22H,(H,18,19). The van der Waals surface area contributed by atoms with Gasteiger partial charge in [0.05, 0.1) is 11.4 Å². The minimum Gasteiger partial charge on any atom is -0.504 e. The molecule has 7 heteroatoms. The predicted molar refractivity (Wildman–Crippen MR) is 74.4 cm³/mol. The summed E-state index contributed by atoms with van der Waals surface area (Å²) in [5.74, 6) is -3.07. The lowest BCUT2D eigenvalue weighted by molar-refractivity contribution is 0.368. The summed E-state index contributed by atoms with van der Waals surface area (Å²) in [6.45, 7) is 0. The first-order valence-electron chi connectivity index (χ1n) is 6.21. The third-order valence-corrected chi connectivity index (χ3v) is 3.12. The number of nitrogens with one attached hydrogen (secondary N) is 1. The van der Waals surface area contributed by atoms with E-state index in [1.165, 1.54) is 18.2 Å². The summed E-state index contributed by atoms with van der Waals surface area (Å²) >= 11 is 0. The van der Waals surface area contributed by atoms with Crippen LogP contribution in [0.2, 0.25) is 0 Å². The number of nitrogens with zero attached hydrogens (tertiary/aromatic N) is 1. The lowest BCUT2D eigenvalue weighted by Crippen LogP contribution is -1.84. The van der Waals surface area contributed by atoms with E-state index in [0.717, 1.165) is 18.2 Å². The van der Waals surface area contributed by atoms with Gasteiger partial charge in [-0.1, -0.05) is 0 Å². The number of phenols is 3. The second-order valence-electron chi connectivity index (χ2n) is 4.69. The molecule has 0 aliphatic rings. The minimum absolute atomic E-state index is 0.267. The lowest BCUT2D eigenvalue weighted by atomic mass is 10.1. The highest BCUT2D eigenvalue weighted by Gasteiger charge is 2.13. The number of halogens is 2. The molecule has 0 amide bonds. The van der Waals surface area contributed by atoms with E-state index < -0.39 is 28.9 Å². The highest BCUT2D eigenvalue weighted by atomic mass is 19.1. The van der Waals surface area contributed by atoms with Crippen LogP contribution in [0.1, 0.15) is 0 Å². The van der Waals surface area contributed by atoms with Gasteiger partial charge in [0.15, 0.2) is 17.2 Å². The lowest BCUT2D eigenvalue weighted by Gasteiger charge is -2.03. The Bertz CT molecular complexity index is 818. The number of aromatic amines is 1. The summed E-state index contributed by atoms with van der Waals surface area (Å²) < 4.78 is 26.5. The first kappa shape index (κ1) is 13.9. The van der Waals surface area contributed by atoms with Crippen molar-refractivity contribution in [3.63, 3.8) is 0 Å². The van der Waals surface area contributed by atoms with Gasteiger partial charge >= 0.3 is 0 Å². The van der Waals surface area contributed by atoms with E-state index in [9.17, 15) is 24.1 Å². The maximum atomic E-state index is 13.2. The zero-order chi connectivity index (χ0) is 15.9. The smallest absolute Gasteiger partial charge is 0.200 e. The number of phenolic OH excluding ortho intramolecular Hbond substituents is 3. The van der Waals surface area contributed by atoms with Crippen LogP contribution in [0.25, 0.3) is 22.5 Å². The molecule has 3 aromatic rings. The molecule has 22 heavy (non-hydrogen) atoms. The van der Waals surface area contributed by atoms with Crippen molar-refractivity contribution in [1.29, 1.82) is 0 Å². The SMILES string of the molecule is Oc1cc(-c2cc(-c3cc(F)cc(F)c3)[nH]n2)cc(O)c1O. The molecule has 0 atom stereocenters. The fourth-order valence-corrected chi connectivity index (χ4v) is 2.08. The Labute approximate surface area is 123 Å².